The lowest BCUT2D eigenvalue weighted by Crippen LogP contribution is -2.29. The third-order valence-electron chi connectivity index (χ3n) is 3.82. The maximum Gasteiger partial charge on any atom is 0.129 e. The number of hydrogen-bond acceptors (Lipinski definition) is 4. The van der Waals surface area contributed by atoms with Gasteiger partial charge in [-0.1, -0.05) is 18.3 Å². The summed E-state index contributed by atoms with van der Waals surface area (Å²) in [6.07, 6.45) is 1.15. The van der Waals surface area contributed by atoms with Crippen molar-refractivity contribution < 1.29 is 4.74 Å². The van der Waals surface area contributed by atoms with Crippen LogP contribution in [0.25, 0.3) is 0 Å². The van der Waals surface area contributed by atoms with Crippen LogP contribution in [0.5, 0.6) is 5.75 Å². The van der Waals surface area contributed by atoms with Crippen molar-refractivity contribution in [2.45, 2.75) is 19.5 Å². The van der Waals surface area contributed by atoms with Crippen molar-refractivity contribution in [2.24, 2.45) is 5.73 Å². The van der Waals surface area contributed by atoms with E-state index >= 15 is 0 Å². The summed E-state index contributed by atoms with van der Waals surface area (Å²) in [6, 6.07) is 8.32. The second-order valence-corrected chi connectivity index (χ2v) is 6.67. The number of fused-ring (bicyclic) bond motifs is 1. The van der Waals surface area contributed by atoms with Gasteiger partial charge in [-0.2, -0.15) is 0 Å². The molecule has 110 valence electrons. The highest BCUT2D eigenvalue weighted by Gasteiger charge is 2.17. The Morgan fingerprint density at radius 2 is 2.29 bits per heavy atom. The molecule has 0 saturated carbocycles. The minimum absolute atomic E-state index is 0.374. The Morgan fingerprint density at radius 3 is 3.05 bits per heavy atom. The first-order valence-corrected chi connectivity index (χ1v) is 8.20. The number of nitrogens with two attached hydrogens (primary N) is 1. The molecule has 5 heteroatoms. The predicted molar refractivity (Wildman–Crippen MR) is 91.0 cm³/mol. The summed E-state index contributed by atoms with van der Waals surface area (Å²) in [6.45, 7) is 3.05. The number of methoxy groups -OCH3 is 1. The quantitative estimate of drug-likeness (QED) is 0.880. The molecule has 0 radical (unpaired) electrons. The van der Waals surface area contributed by atoms with Gasteiger partial charge in [-0.05, 0) is 41.1 Å². The molecule has 3 rings (SSSR count). The first-order valence-electron chi connectivity index (χ1n) is 6.91. The van der Waals surface area contributed by atoms with Crippen LogP contribution < -0.4 is 10.5 Å². The summed E-state index contributed by atoms with van der Waals surface area (Å²) in [4.78, 5) is 4.37. The molecule has 21 heavy (non-hydrogen) atoms. The lowest BCUT2D eigenvalue weighted by atomic mass is 10.1. The summed E-state index contributed by atoms with van der Waals surface area (Å²) in [5.74, 6) is 0.758. The fraction of sp³-hybridized carbons (Fsp3) is 0.312. The van der Waals surface area contributed by atoms with Crippen LogP contribution >= 0.6 is 23.6 Å². The predicted octanol–water partition coefficient (Wildman–Crippen LogP) is 2.95. The number of thiophene rings is 1. The van der Waals surface area contributed by atoms with Gasteiger partial charge in [0.05, 0.1) is 12.7 Å². The Bertz CT molecular complexity index is 666. The van der Waals surface area contributed by atoms with E-state index in [0.717, 1.165) is 37.4 Å². The summed E-state index contributed by atoms with van der Waals surface area (Å²) in [7, 11) is 1.65. The molecule has 0 amide bonds. The van der Waals surface area contributed by atoms with Gasteiger partial charge in [0.1, 0.15) is 10.7 Å². The minimum Gasteiger partial charge on any atom is -0.496 e. The average molecular weight is 318 g/mol. The molecule has 2 aromatic rings. The summed E-state index contributed by atoms with van der Waals surface area (Å²) in [5, 5.41) is 2.19. The van der Waals surface area contributed by atoms with Crippen molar-refractivity contribution in [3.63, 3.8) is 0 Å². The van der Waals surface area contributed by atoms with Gasteiger partial charge in [0.25, 0.3) is 0 Å². The summed E-state index contributed by atoms with van der Waals surface area (Å²) in [5.41, 5.74) is 9.21. The Morgan fingerprint density at radius 1 is 1.43 bits per heavy atom. The van der Waals surface area contributed by atoms with E-state index in [1.165, 1.54) is 16.0 Å². The van der Waals surface area contributed by atoms with E-state index in [-0.39, 0.29) is 0 Å². The molecule has 0 saturated heterocycles. The number of benzene rings is 1. The summed E-state index contributed by atoms with van der Waals surface area (Å²) < 4.78 is 5.40. The van der Waals surface area contributed by atoms with Crippen molar-refractivity contribution in [3.8, 4) is 5.75 Å². The molecule has 0 spiro atoms. The van der Waals surface area contributed by atoms with Crippen LogP contribution in [-0.4, -0.2) is 23.5 Å². The second kappa shape index (κ2) is 6.13. The molecule has 0 fully saturated rings. The number of ether oxygens (including phenoxy) is 1. The molecule has 1 aliphatic heterocycles. The number of hydrogen-bond donors (Lipinski definition) is 1. The third kappa shape index (κ3) is 3.10. The smallest absolute Gasteiger partial charge is 0.129 e. The average Bonchev–Trinajstić information content (AvgIpc) is 2.94. The molecule has 0 unspecified atom stereocenters. The standard InChI is InChI=1S/C16H18N2OS2/c1-19-14-8-11(2-3-13(14)16(17)20)9-18-6-4-15-12(10-18)5-7-21-15/h2-3,5,7-8H,4,6,9-10H2,1H3,(H2,17,20). The molecule has 2 heterocycles. The Labute approximate surface area is 134 Å². The minimum atomic E-state index is 0.374. The topological polar surface area (TPSA) is 38.5 Å². The van der Waals surface area contributed by atoms with Gasteiger partial charge >= 0.3 is 0 Å². The van der Waals surface area contributed by atoms with Crippen molar-refractivity contribution in [1.29, 1.82) is 0 Å². The van der Waals surface area contributed by atoms with Gasteiger partial charge in [-0.15, -0.1) is 11.3 Å². The largest absolute Gasteiger partial charge is 0.496 e. The van der Waals surface area contributed by atoms with E-state index in [0.29, 0.717) is 4.99 Å². The molecular weight excluding hydrogens is 300 g/mol. The van der Waals surface area contributed by atoms with Gasteiger partial charge in [0, 0.05) is 24.5 Å². The van der Waals surface area contributed by atoms with Crippen LogP contribution in [0.2, 0.25) is 0 Å². The van der Waals surface area contributed by atoms with E-state index in [1.54, 1.807) is 7.11 Å². The van der Waals surface area contributed by atoms with E-state index < -0.39 is 0 Å². The second-order valence-electron chi connectivity index (χ2n) is 5.23. The van der Waals surface area contributed by atoms with E-state index in [4.69, 9.17) is 22.7 Å². The van der Waals surface area contributed by atoms with E-state index in [9.17, 15) is 0 Å². The van der Waals surface area contributed by atoms with Gasteiger partial charge in [0.15, 0.2) is 0 Å². The van der Waals surface area contributed by atoms with Crippen LogP contribution in [0.15, 0.2) is 29.6 Å². The fourth-order valence-electron chi connectivity index (χ4n) is 2.74. The van der Waals surface area contributed by atoms with Crippen LogP contribution in [0, 0.1) is 0 Å². The first-order chi connectivity index (χ1) is 10.2. The van der Waals surface area contributed by atoms with E-state index in [1.807, 2.05) is 23.5 Å². The van der Waals surface area contributed by atoms with E-state index in [2.05, 4.69) is 22.4 Å². The SMILES string of the molecule is COc1cc(CN2CCc3sccc3C2)ccc1C(N)=S. The van der Waals surface area contributed by atoms with Crippen molar-refractivity contribution >= 4 is 28.5 Å². The molecule has 1 aliphatic rings. The Kier molecular flexibility index (Phi) is 4.24. The molecule has 0 bridgehead atoms. The maximum absolute atomic E-state index is 5.71. The van der Waals surface area contributed by atoms with Crippen LogP contribution in [0.3, 0.4) is 0 Å². The number of rotatable bonds is 4. The van der Waals surface area contributed by atoms with Crippen LogP contribution in [-0.2, 0) is 19.5 Å². The van der Waals surface area contributed by atoms with Gasteiger partial charge in [-0.25, -0.2) is 0 Å². The Hall–Kier alpha value is -1.43. The normalized spacial score (nSPS) is 14.7. The molecule has 0 atom stereocenters. The third-order valence-corrected chi connectivity index (χ3v) is 5.07. The molecule has 3 nitrogen and oxygen atoms in total. The highest BCUT2D eigenvalue weighted by molar-refractivity contribution is 7.80. The molecule has 2 N–H and O–H groups in total. The Balaban J connectivity index is 1.75. The zero-order valence-corrected chi connectivity index (χ0v) is 13.6. The van der Waals surface area contributed by atoms with Crippen LogP contribution in [0.4, 0.5) is 0 Å². The van der Waals surface area contributed by atoms with Crippen LogP contribution in [0.1, 0.15) is 21.6 Å². The lowest BCUT2D eigenvalue weighted by molar-refractivity contribution is 0.247. The maximum atomic E-state index is 5.71. The number of thiocarbonyl (C=S) groups is 1. The van der Waals surface area contributed by atoms with Gasteiger partial charge in [-0.3, -0.25) is 4.90 Å². The number of nitrogens with zero attached hydrogens (tertiary/aromatic N) is 1. The first kappa shape index (κ1) is 14.5. The summed E-state index contributed by atoms with van der Waals surface area (Å²) >= 11 is 6.91. The molecule has 1 aromatic carbocycles. The monoisotopic (exact) mass is 318 g/mol. The zero-order chi connectivity index (χ0) is 14.8. The lowest BCUT2D eigenvalue weighted by Gasteiger charge is -2.27. The van der Waals surface area contributed by atoms with Gasteiger partial charge < -0.3 is 10.5 Å². The molecule has 1 aromatic heterocycles. The highest BCUT2D eigenvalue weighted by Crippen LogP contribution is 2.26. The van der Waals surface area contributed by atoms with Crippen molar-refractivity contribution in [2.75, 3.05) is 13.7 Å². The zero-order valence-electron chi connectivity index (χ0n) is 12.0. The van der Waals surface area contributed by atoms with Crippen molar-refractivity contribution in [3.05, 3.63) is 51.2 Å². The fourth-order valence-corrected chi connectivity index (χ4v) is 3.80. The molecular formula is C16H18N2OS2. The molecule has 0 aliphatic carbocycles. The highest BCUT2D eigenvalue weighted by atomic mass is 32.1. The van der Waals surface area contributed by atoms with Crippen molar-refractivity contribution in [1.82, 2.24) is 4.90 Å². The van der Waals surface area contributed by atoms with Gasteiger partial charge in [0.2, 0.25) is 0 Å².